The normalized spacial score (nSPS) is 22.9. The molecule has 0 aromatic heterocycles. The predicted octanol–water partition coefficient (Wildman–Crippen LogP) is 5.73. The molecule has 0 radical (unpaired) electrons. The average molecular weight is 335 g/mol. The van der Waals surface area contributed by atoms with E-state index in [1.54, 1.807) is 0 Å². The van der Waals surface area contributed by atoms with Gasteiger partial charge in [-0.15, -0.1) is 0 Å². The van der Waals surface area contributed by atoms with Crippen LogP contribution >= 0.6 is 0 Å². The molecule has 1 aliphatic heterocycles. The van der Waals surface area contributed by atoms with Gasteiger partial charge in [0.05, 0.1) is 19.3 Å². The van der Waals surface area contributed by atoms with E-state index in [1.165, 1.54) is 46.1 Å². The Labute approximate surface area is 145 Å². The first-order chi connectivity index (χ1) is 10.9. The molecule has 1 saturated carbocycles. The fourth-order valence-corrected chi connectivity index (χ4v) is 2.09. The van der Waals surface area contributed by atoms with Gasteiger partial charge >= 0.3 is 5.97 Å². The number of hydrogen-bond acceptors (Lipinski definition) is 4. The van der Waals surface area contributed by atoms with Crippen molar-refractivity contribution in [3.63, 3.8) is 0 Å². The van der Waals surface area contributed by atoms with E-state index in [-0.39, 0.29) is 11.8 Å². The minimum Gasteiger partial charge on any atom is -0.469 e. The van der Waals surface area contributed by atoms with Gasteiger partial charge in [-0.2, -0.15) is 0 Å². The molecule has 0 N–H and O–H groups in total. The molecule has 0 amide bonds. The van der Waals surface area contributed by atoms with Crippen molar-refractivity contribution in [2.45, 2.75) is 112 Å². The molecule has 23 heavy (non-hydrogen) atoms. The van der Waals surface area contributed by atoms with Crippen molar-refractivity contribution in [1.29, 1.82) is 0 Å². The number of esters is 1. The second-order valence-electron chi connectivity index (χ2n) is 5.40. The van der Waals surface area contributed by atoms with Crippen LogP contribution in [0, 0.1) is 0 Å². The van der Waals surface area contributed by atoms with Crippen LogP contribution in [-0.2, 0) is 19.0 Å². The zero-order valence-corrected chi connectivity index (χ0v) is 17.3. The Kier molecular flexibility index (Phi) is 21.0. The first kappa shape index (κ1) is 27.2. The second-order valence-corrected chi connectivity index (χ2v) is 5.40. The summed E-state index contributed by atoms with van der Waals surface area (Å²) in [6.07, 6.45) is 7.01. The fourth-order valence-electron chi connectivity index (χ4n) is 2.09. The van der Waals surface area contributed by atoms with Crippen LogP contribution in [0.5, 0.6) is 0 Å². The molecule has 0 bridgehead atoms. The van der Waals surface area contributed by atoms with Crippen LogP contribution in [0.4, 0.5) is 0 Å². The van der Waals surface area contributed by atoms with Gasteiger partial charge in [0.15, 0.2) is 5.79 Å². The Morgan fingerprint density at radius 2 is 1.26 bits per heavy atom. The van der Waals surface area contributed by atoms with E-state index in [2.05, 4.69) is 18.6 Å². The molecule has 2 fully saturated rings. The molecule has 142 valence electrons. The van der Waals surface area contributed by atoms with Gasteiger partial charge in [0.2, 0.25) is 0 Å². The van der Waals surface area contributed by atoms with E-state index in [9.17, 15) is 4.79 Å². The summed E-state index contributed by atoms with van der Waals surface area (Å²) in [4.78, 5) is 9.59. The first-order valence-corrected chi connectivity index (χ1v) is 9.26. The van der Waals surface area contributed by atoms with Gasteiger partial charge in [0, 0.05) is 6.92 Å². The molecule has 0 aromatic rings. The maximum absolute atomic E-state index is 9.59. The standard InChI is InChI=1S/C9H16O2.C3H6O2.C3H8.2C2H6/c1-9(2)10-7-5-3-4-6-8(7)11-9;1-3(4)5-2;1-3-2;2*1-2/h7-8H,3-6H2,1-2H3;1-2H3;3H2,1-2H3;2*1-2H3. The minimum atomic E-state index is -0.320. The van der Waals surface area contributed by atoms with E-state index in [1.807, 2.05) is 41.5 Å². The third-order valence-electron chi connectivity index (χ3n) is 2.80. The molecule has 4 heteroatoms. The summed E-state index contributed by atoms with van der Waals surface area (Å²) >= 11 is 0. The van der Waals surface area contributed by atoms with Gasteiger partial charge in [-0.1, -0.05) is 60.8 Å². The quantitative estimate of drug-likeness (QED) is 0.531. The summed E-state index contributed by atoms with van der Waals surface area (Å²) < 4.78 is 15.6. The van der Waals surface area contributed by atoms with Crippen molar-refractivity contribution in [2.24, 2.45) is 0 Å². The third-order valence-corrected chi connectivity index (χ3v) is 2.80. The van der Waals surface area contributed by atoms with Crippen molar-refractivity contribution in [3.05, 3.63) is 0 Å². The third kappa shape index (κ3) is 16.0. The SMILES string of the molecule is CC.CC.CC1(C)OC2CCCCC2O1.CCC.COC(C)=O. The maximum Gasteiger partial charge on any atom is 0.302 e. The molecule has 0 spiro atoms. The van der Waals surface area contributed by atoms with Gasteiger partial charge < -0.3 is 14.2 Å². The number of carbonyl (C=O) groups excluding carboxylic acids is 1. The average Bonchev–Trinajstić information content (AvgIpc) is 2.86. The van der Waals surface area contributed by atoms with Crippen molar-refractivity contribution in [2.75, 3.05) is 7.11 Å². The van der Waals surface area contributed by atoms with E-state index >= 15 is 0 Å². The Balaban J connectivity index is -0.000000283. The van der Waals surface area contributed by atoms with Crippen LogP contribution in [0.2, 0.25) is 0 Å². The summed E-state index contributed by atoms with van der Waals surface area (Å²) in [5.74, 6) is -0.565. The van der Waals surface area contributed by atoms with E-state index < -0.39 is 0 Å². The lowest BCUT2D eigenvalue weighted by Gasteiger charge is -2.21. The summed E-state index contributed by atoms with van der Waals surface area (Å²) in [7, 11) is 1.35. The van der Waals surface area contributed by atoms with Crippen LogP contribution in [0.1, 0.15) is 94.4 Å². The van der Waals surface area contributed by atoms with Crippen LogP contribution < -0.4 is 0 Å². The Morgan fingerprint density at radius 3 is 1.48 bits per heavy atom. The van der Waals surface area contributed by atoms with Crippen molar-refractivity contribution < 1.29 is 19.0 Å². The van der Waals surface area contributed by atoms with Crippen molar-refractivity contribution in [1.82, 2.24) is 0 Å². The van der Waals surface area contributed by atoms with Crippen LogP contribution in [0.3, 0.4) is 0 Å². The highest BCUT2D eigenvalue weighted by molar-refractivity contribution is 5.65. The molecule has 1 saturated heterocycles. The van der Waals surface area contributed by atoms with E-state index in [0.29, 0.717) is 12.2 Å². The second kappa shape index (κ2) is 17.7. The highest BCUT2D eigenvalue weighted by atomic mass is 16.7. The minimum absolute atomic E-state index is 0.245. The molecule has 0 aromatic carbocycles. The van der Waals surface area contributed by atoms with Crippen LogP contribution in [0.15, 0.2) is 0 Å². The van der Waals surface area contributed by atoms with Crippen molar-refractivity contribution >= 4 is 5.97 Å². The summed E-state index contributed by atoms with van der Waals surface area (Å²) in [5, 5.41) is 0. The Hall–Kier alpha value is -0.610. The van der Waals surface area contributed by atoms with Crippen molar-refractivity contribution in [3.8, 4) is 0 Å². The lowest BCUT2D eigenvalue weighted by molar-refractivity contribution is -0.145. The summed E-state index contributed by atoms with van der Waals surface area (Å²) in [6, 6.07) is 0. The first-order valence-electron chi connectivity index (χ1n) is 9.26. The smallest absolute Gasteiger partial charge is 0.302 e. The number of hydrogen-bond donors (Lipinski definition) is 0. The number of carbonyl (C=O) groups is 1. The maximum atomic E-state index is 9.59. The number of methoxy groups -OCH3 is 1. The molecule has 2 rings (SSSR count). The molecule has 1 heterocycles. The Bertz CT molecular complexity index is 236. The zero-order valence-electron chi connectivity index (χ0n) is 17.3. The Morgan fingerprint density at radius 1 is 1.00 bits per heavy atom. The van der Waals surface area contributed by atoms with Crippen LogP contribution in [-0.4, -0.2) is 31.1 Å². The molecule has 1 aliphatic carbocycles. The van der Waals surface area contributed by atoms with Gasteiger partial charge in [-0.25, -0.2) is 0 Å². The molecule has 2 unspecified atom stereocenters. The van der Waals surface area contributed by atoms with E-state index in [4.69, 9.17) is 9.47 Å². The predicted molar refractivity (Wildman–Crippen MR) is 98.6 cm³/mol. The topological polar surface area (TPSA) is 44.8 Å². The molecule has 2 aliphatic rings. The monoisotopic (exact) mass is 334 g/mol. The summed E-state index contributed by atoms with van der Waals surface area (Å²) in [5.41, 5.74) is 0. The number of rotatable bonds is 0. The number of ether oxygens (including phenoxy) is 3. The highest BCUT2D eigenvalue weighted by Crippen LogP contribution is 2.36. The molecule has 2 atom stereocenters. The lowest BCUT2D eigenvalue weighted by Crippen LogP contribution is -2.25. The number of fused-ring (bicyclic) bond motifs is 1. The molecule has 4 nitrogen and oxygen atoms in total. The summed E-state index contributed by atoms with van der Waals surface area (Å²) in [6.45, 7) is 17.6. The van der Waals surface area contributed by atoms with Gasteiger partial charge in [-0.05, 0) is 26.7 Å². The fraction of sp³-hybridized carbons (Fsp3) is 0.947. The van der Waals surface area contributed by atoms with E-state index in [0.717, 1.165) is 0 Å². The highest BCUT2D eigenvalue weighted by Gasteiger charge is 2.41. The molecular weight excluding hydrogens is 292 g/mol. The largest absolute Gasteiger partial charge is 0.469 e. The molecular formula is C19H42O4. The zero-order chi connectivity index (χ0) is 18.9. The van der Waals surface area contributed by atoms with Gasteiger partial charge in [-0.3, -0.25) is 4.79 Å². The lowest BCUT2D eigenvalue weighted by atomic mass is 9.95. The van der Waals surface area contributed by atoms with Gasteiger partial charge in [0.1, 0.15) is 0 Å². The van der Waals surface area contributed by atoms with Crippen LogP contribution in [0.25, 0.3) is 0 Å². The van der Waals surface area contributed by atoms with Gasteiger partial charge in [0.25, 0.3) is 0 Å².